The molecule has 3 heterocycles. The molecule has 1 aliphatic carbocycles. The maximum Gasteiger partial charge on any atom is 0.318 e. The molecule has 1 fully saturated rings. The SMILES string of the molecule is C=CC(=O)N1CCN(c2nc(OCCN(C)C)nc3c2CCN(/C2=C/C(O)=C\C(=C)/C=C\C=C/C2)C3)C(CO)C1.CC. The van der Waals surface area contributed by atoms with E-state index >= 15 is 0 Å². The normalized spacial score (nSPS) is 23.0. The lowest BCUT2D eigenvalue weighted by molar-refractivity contribution is -0.126. The number of hydrogen-bond acceptors (Lipinski definition) is 9. The van der Waals surface area contributed by atoms with E-state index in [-0.39, 0.29) is 24.3 Å². The largest absolute Gasteiger partial charge is 0.508 e. The molecule has 10 nitrogen and oxygen atoms in total. The Kier molecular flexibility index (Phi) is 12.4. The molecular weight excluding hydrogens is 532 g/mol. The monoisotopic (exact) mass is 578 g/mol. The predicted octanol–water partition coefficient (Wildman–Crippen LogP) is 3.39. The van der Waals surface area contributed by atoms with Crippen molar-refractivity contribution < 1.29 is 19.7 Å². The van der Waals surface area contributed by atoms with E-state index in [1.807, 2.05) is 51.1 Å². The summed E-state index contributed by atoms with van der Waals surface area (Å²) in [4.78, 5) is 29.9. The Hall–Kier alpha value is -3.89. The number of carbonyl (C=O) groups is 1. The molecule has 0 bridgehead atoms. The molecule has 1 saturated heterocycles. The summed E-state index contributed by atoms with van der Waals surface area (Å²) in [6.45, 7) is 15.2. The molecule has 1 aromatic heterocycles. The van der Waals surface area contributed by atoms with E-state index in [1.54, 1.807) is 17.1 Å². The Morgan fingerprint density at radius 3 is 2.69 bits per heavy atom. The van der Waals surface area contributed by atoms with Gasteiger partial charge in [0.25, 0.3) is 0 Å². The van der Waals surface area contributed by atoms with Crippen LogP contribution in [0, 0.1) is 0 Å². The van der Waals surface area contributed by atoms with Crippen LogP contribution in [0.15, 0.2) is 72.7 Å². The fraction of sp³-hybridized carbons (Fsp3) is 0.469. The summed E-state index contributed by atoms with van der Waals surface area (Å²) in [5.41, 5.74) is 3.56. The number of fused-ring (bicyclic) bond motifs is 1. The average molecular weight is 579 g/mol. The van der Waals surface area contributed by atoms with Gasteiger partial charge < -0.3 is 34.5 Å². The summed E-state index contributed by atoms with van der Waals surface area (Å²) in [6, 6.07) is -0.0126. The van der Waals surface area contributed by atoms with Gasteiger partial charge in [-0.25, -0.2) is 0 Å². The third kappa shape index (κ3) is 8.56. The molecule has 0 aromatic carbocycles. The zero-order chi connectivity index (χ0) is 30.6. The van der Waals surface area contributed by atoms with E-state index in [4.69, 9.17) is 14.7 Å². The van der Waals surface area contributed by atoms with Crippen LogP contribution in [0.5, 0.6) is 6.01 Å². The highest BCUT2D eigenvalue weighted by molar-refractivity contribution is 5.87. The Labute approximate surface area is 250 Å². The number of aromatic nitrogens is 2. The van der Waals surface area contributed by atoms with Crippen LogP contribution in [0.3, 0.4) is 0 Å². The first-order valence-electron chi connectivity index (χ1n) is 14.6. The number of nitrogens with zero attached hydrogens (tertiary/aromatic N) is 6. The molecule has 2 N–H and O–H groups in total. The average Bonchev–Trinajstić information content (AvgIpc) is 2.99. The Bertz CT molecular complexity index is 1240. The van der Waals surface area contributed by atoms with Gasteiger partial charge in [0.1, 0.15) is 18.2 Å². The maximum absolute atomic E-state index is 12.3. The second kappa shape index (κ2) is 15.9. The van der Waals surface area contributed by atoms with Gasteiger partial charge in [0.2, 0.25) is 5.91 Å². The fourth-order valence-electron chi connectivity index (χ4n) is 5.05. The van der Waals surface area contributed by atoms with E-state index < -0.39 is 0 Å². The van der Waals surface area contributed by atoms with Crippen molar-refractivity contribution in [2.24, 2.45) is 0 Å². The highest BCUT2D eigenvalue weighted by atomic mass is 16.5. The summed E-state index contributed by atoms with van der Waals surface area (Å²) in [6.07, 6.45) is 13.9. The van der Waals surface area contributed by atoms with Gasteiger partial charge in [-0.1, -0.05) is 51.3 Å². The zero-order valence-corrected chi connectivity index (χ0v) is 25.5. The van der Waals surface area contributed by atoms with Crippen LogP contribution in [0.25, 0.3) is 0 Å². The topological polar surface area (TPSA) is 106 Å². The molecule has 1 aromatic rings. The number of aliphatic hydroxyl groups excluding tert-OH is 2. The van der Waals surface area contributed by atoms with Gasteiger partial charge in [-0.2, -0.15) is 9.97 Å². The molecule has 3 aliphatic rings. The highest BCUT2D eigenvalue weighted by Gasteiger charge is 2.33. The summed E-state index contributed by atoms with van der Waals surface area (Å²) < 4.78 is 5.99. The number of aliphatic hydroxyl groups is 2. The van der Waals surface area contributed by atoms with Gasteiger partial charge in [-0.3, -0.25) is 4.79 Å². The molecular formula is C32H46N6O4. The standard InChI is InChI=1S/C30H40N6O4.C2H6/c1-5-28(39)35-13-14-36(24(19-35)21-37)29-26-11-12-34(20-27(26)31-30(32-29)40-16-15-33(3)4)23-10-8-6-7-9-22(2)17-25(38)18-23;1-2/h5-9,17-18,24,37-38H,1-2,10-16,19-21H2,3-4H3;1-2H3/b8-6-,9-7-,23-18+,25-17+;. The van der Waals surface area contributed by atoms with Crippen molar-refractivity contribution in [3.8, 4) is 6.01 Å². The van der Waals surface area contributed by atoms with E-state index in [0.29, 0.717) is 70.3 Å². The molecule has 1 amide bonds. The third-order valence-corrected chi connectivity index (χ3v) is 7.18. The summed E-state index contributed by atoms with van der Waals surface area (Å²) in [7, 11) is 3.96. The Morgan fingerprint density at radius 1 is 1.19 bits per heavy atom. The third-order valence-electron chi connectivity index (χ3n) is 7.18. The van der Waals surface area contributed by atoms with Crippen LogP contribution in [0.4, 0.5) is 5.82 Å². The molecule has 1 unspecified atom stereocenters. The number of likely N-dealkylation sites (N-methyl/N-ethyl adjacent to an activating group) is 1. The van der Waals surface area contributed by atoms with Crippen LogP contribution in [-0.2, 0) is 17.8 Å². The minimum atomic E-state index is -0.307. The molecule has 0 spiro atoms. The van der Waals surface area contributed by atoms with E-state index in [1.165, 1.54) is 6.08 Å². The number of amides is 1. The lowest BCUT2D eigenvalue weighted by Gasteiger charge is -2.42. The number of rotatable bonds is 8. The van der Waals surface area contributed by atoms with Gasteiger partial charge in [-0.15, -0.1) is 0 Å². The second-order valence-electron chi connectivity index (χ2n) is 10.4. The van der Waals surface area contributed by atoms with Crippen LogP contribution in [0.2, 0.25) is 0 Å². The first kappa shape index (κ1) is 32.6. The molecule has 1 atom stereocenters. The highest BCUT2D eigenvalue weighted by Crippen LogP contribution is 2.33. The smallest absolute Gasteiger partial charge is 0.318 e. The molecule has 0 saturated carbocycles. The van der Waals surface area contributed by atoms with Crippen molar-refractivity contribution in [2.45, 2.75) is 39.3 Å². The van der Waals surface area contributed by atoms with Crippen LogP contribution >= 0.6 is 0 Å². The van der Waals surface area contributed by atoms with Gasteiger partial charge in [0.05, 0.1) is 24.9 Å². The number of anilines is 1. The number of hydrogen-bond donors (Lipinski definition) is 2. The minimum Gasteiger partial charge on any atom is -0.508 e. The lowest BCUT2D eigenvalue weighted by Crippen LogP contribution is -2.56. The minimum absolute atomic E-state index is 0.118. The summed E-state index contributed by atoms with van der Waals surface area (Å²) in [5.74, 6) is 0.758. The number of ether oxygens (including phenoxy) is 1. The molecule has 2 aliphatic heterocycles. The van der Waals surface area contributed by atoms with Crippen LogP contribution in [0.1, 0.15) is 31.5 Å². The molecule has 4 rings (SSSR count). The lowest BCUT2D eigenvalue weighted by atomic mass is 10.0. The summed E-state index contributed by atoms with van der Waals surface area (Å²) >= 11 is 0. The second-order valence-corrected chi connectivity index (χ2v) is 10.4. The number of piperazine rings is 1. The van der Waals surface area contributed by atoms with Crippen molar-refractivity contribution in [3.63, 3.8) is 0 Å². The zero-order valence-electron chi connectivity index (χ0n) is 25.5. The fourth-order valence-corrected chi connectivity index (χ4v) is 5.05. The molecule has 42 heavy (non-hydrogen) atoms. The van der Waals surface area contributed by atoms with Crippen molar-refractivity contribution in [1.29, 1.82) is 0 Å². The van der Waals surface area contributed by atoms with Crippen LogP contribution < -0.4 is 9.64 Å². The van der Waals surface area contributed by atoms with Crippen molar-refractivity contribution >= 4 is 11.7 Å². The van der Waals surface area contributed by atoms with E-state index in [0.717, 1.165) is 22.8 Å². The van der Waals surface area contributed by atoms with Gasteiger partial charge in [0, 0.05) is 50.4 Å². The Morgan fingerprint density at radius 2 is 1.98 bits per heavy atom. The van der Waals surface area contributed by atoms with Crippen molar-refractivity contribution in [1.82, 2.24) is 24.7 Å². The van der Waals surface area contributed by atoms with Crippen molar-refractivity contribution in [2.75, 3.05) is 64.9 Å². The van der Waals surface area contributed by atoms with Gasteiger partial charge in [-0.05, 0) is 44.3 Å². The predicted molar refractivity (Wildman–Crippen MR) is 167 cm³/mol. The maximum atomic E-state index is 12.3. The van der Waals surface area contributed by atoms with E-state index in [2.05, 4.69) is 29.0 Å². The Balaban J connectivity index is 0.00000237. The van der Waals surface area contributed by atoms with Gasteiger partial charge in [0.15, 0.2) is 0 Å². The quantitative estimate of drug-likeness (QED) is 0.449. The van der Waals surface area contributed by atoms with E-state index in [9.17, 15) is 15.0 Å². The number of carbonyl (C=O) groups excluding carboxylic acids is 1. The van der Waals surface area contributed by atoms with Crippen LogP contribution in [-0.4, -0.2) is 107 Å². The first-order valence-corrected chi connectivity index (χ1v) is 14.6. The molecule has 0 radical (unpaired) electrons. The molecule has 10 heteroatoms. The summed E-state index contributed by atoms with van der Waals surface area (Å²) in [5, 5.41) is 20.8. The van der Waals surface area contributed by atoms with Gasteiger partial charge >= 0.3 is 6.01 Å². The number of allylic oxidation sites excluding steroid dienone is 7. The molecule has 228 valence electrons. The first-order chi connectivity index (χ1) is 20.3. The van der Waals surface area contributed by atoms with Crippen molar-refractivity contribution in [3.05, 3.63) is 84.0 Å².